The number of anilines is 3. The molecule has 0 bridgehead atoms. The molecule has 2 aromatic carbocycles. The molecule has 10 heteroatoms. The number of urea groups is 1. The second-order valence-electron chi connectivity index (χ2n) is 7.39. The van der Waals surface area contributed by atoms with Gasteiger partial charge in [-0.15, -0.1) is 0 Å². The largest absolute Gasteiger partial charge is 0.379 e. The van der Waals surface area contributed by atoms with Crippen molar-refractivity contribution in [2.75, 3.05) is 54.9 Å². The molecule has 0 unspecified atom stereocenters. The molecule has 0 spiro atoms. The zero-order valence-corrected chi connectivity index (χ0v) is 19.2. The second-order valence-corrected chi connectivity index (χ2v) is 8.86. The van der Waals surface area contributed by atoms with Gasteiger partial charge in [0, 0.05) is 49.5 Å². The number of rotatable bonds is 6. The molecule has 0 atom stereocenters. The maximum atomic E-state index is 13.2. The van der Waals surface area contributed by atoms with Crippen LogP contribution in [-0.4, -0.2) is 61.2 Å². The maximum absolute atomic E-state index is 13.2. The molecule has 32 heavy (non-hydrogen) atoms. The number of aromatic nitrogens is 1. The first-order valence-corrected chi connectivity index (χ1v) is 11.5. The van der Waals surface area contributed by atoms with E-state index in [1.807, 2.05) is 18.2 Å². The number of carbonyl (C=O) groups is 2. The van der Waals surface area contributed by atoms with Crippen molar-refractivity contribution in [3.8, 4) is 0 Å². The lowest BCUT2D eigenvalue weighted by molar-refractivity contribution is -0.114. The Morgan fingerprint density at radius 3 is 2.62 bits per heavy atom. The Balaban J connectivity index is 1.57. The molecule has 2 heterocycles. The summed E-state index contributed by atoms with van der Waals surface area (Å²) in [5, 5.41) is 6.81. The number of nitrogens with zero attached hydrogens (tertiary/aromatic N) is 3. The van der Waals surface area contributed by atoms with E-state index >= 15 is 0 Å². The quantitative estimate of drug-likeness (QED) is 0.558. The predicted octanol–water partition coefficient (Wildman–Crippen LogP) is 4.28. The van der Waals surface area contributed by atoms with Crippen molar-refractivity contribution in [3.63, 3.8) is 0 Å². The maximum Gasteiger partial charge on any atom is 0.326 e. The van der Waals surface area contributed by atoms with E-state index in [0.29, 0.717) is 35.6 Å². The van der Waals surface area contributed by atoms with Gasteiger partial charge < -0.3 is 15.4 Å². The van der Waals surface area contributed by atoms with Crippen LogP contribution in [0, 0.1) is 0 Å². The van der Waals surface area contributed by atoms with Gasteiger partial charge >= 0.3 is 6.03 Å². The third-order valence-electron chi connectivity index (χ3n) is 5.05. The lowest BCUT2D eigenvalue weighted by atomic mass is 10.2. The number of halogens is 1. The van der Waals surface area contributed by atoms with E-state index in [1.165, 1.54) is 18.3 Å². The number of thiazole rings is 1. The van der Waals surface area contributed by atoms with Crippen molar-refractivity contribution in [2.45, 2.75) is 6.92 Å². The fourth-order valence-corrected chi connectivity index (χ4v) is 4.49. The molecule has 2 N–H and O–H groups in total. The van der Waals surface area contributed by atoms with E-state index in [4.69, 9.17) is 16.3 Å². The van der Waals surface area contributed by atoms with Crippen molar-refractivity contribution in [1.82, 2.24) is 9.88 Å². The summed E-state index contributed by atoms with van der Waals surface area (Å²) in [6.07, 6.45) is 0. The zero-order chi connectivity index (χ0) is 22.5. The van der Waals surface area contributed by atoms with Gasteiger partial charge in [0.25, 0.3) is 0 Å². The molecule has 168 valence electrons. The molecule has 0 aliphatic carbocycles. The summed E-state index contributed by atoms with van der Waals surface area (Å²) in [5.74, 6) is -0.168. The molecule has 3 amide bonds. The Kier molecular flexibility index (Phi) is 7.21. The number of carbonyl (C=O) groups excluding carboxylic acids is 2. The second kappa shape index (κ2) is 10.3. The van der Waals surface area contributed by atoms with Crippen molar-refractivity contribution in [3.05, 3.63) is 47.5 Å². The van der Waals surface area contributed by atoms with Gasteiger partial charge in [0.15, 0.2) is 5.13 Å². The Labute approximate surface area is 195 Å². The number of benzene rings is 2. The number of hydrogen-bond acceptors (Lipinski definition) is 6. The highest BCUT2D eigenvalue weighted by Crippen LogP contribution is 2.30. The molecule has 1 aromatic heterocycles. The van der Waals surface area contributed by atoms with E-state index in [1.54, 1.807) is 29.2 Å². The third-order valence-corrected chi connectivity index (χ3v) is 6.24. The fourth-order valence-electron chi connectivity index (χ4n) is 3.42. The number of ether oxygens (including phenoxy) is 1. The summed E-state index contributed by atoms with van der Waals surface area (Å²) in [7, 11) is 0. The highest BCUT2D eigenvalue weighted by Gasteiger charge is 2.20. The summed E-state index contributed by atoms with van der Waals surface area (Å²) in [4.78, 5) is 33.0. The normalized spacial score (nSPS) is 14.3. The molecule has 1 aliphatic heterocycles. The number of amides is 3. The first kappa shape index (κ1) is 22.5. The topological polar surface area (TPSA) is 86.8 Å². The monoisotopic (exact) mass is 473 g/mol. The predicted molar refractivity (Wildman–Crippen MR) is 129 cm³/mol. The summed E-state index contributed by atoms with van der Waals surface area (Å²) in [6, 6.07) is 12.5. The van der Waals surface area contributed by atoms with Crippen LogP contribution < -0.4 is 15.5 Å². The molecule has 1 aliphatic rings. The lowest BCUT2D eigenvalue weighted by Crippen LogP contribution is -2.44. The van der Waals surface area contributed by atoms with Crippen LogP contribution in [0.4, 0.5) is 21.3 Å². The zero-order valence-electron chi connectivity index (χ0n) is 17.6. The van der Waals surface area contributed by atoms with Crippen molar-refractivity contribution >= 4 is 61.6 Å². The van der Waals surface area contributed by atoms with Crippen LogP contribution in [0.1, 0.15) is 6.92 Å². The van der Waals surface area contributed by atoms with Gasteiger partial charge in [-0.3, -0.25) is 14.6 Å². The molecular weight excluding hydrogens is 450 g/mol. The van der Waals surface area contributed by atoms with Crippen LogP contribution in [0.25, 0.3) is 10.2 Å². The smallest absolute Gasteiger partial charge is 0.326 e. The van der Waals surface area contributed by atoms with Gasteiger partial charge in [-0.25, -0.2) is 9.78 Å². The molecule has 1 saturated heterocycles. The minimum Gasteiger partial charge on any atom is -0.379 e. The minimum atomic E-state index is -0.230. The minimum absolute atomic E-state index is 0.168. The highest BCUT2D eigenvalue weighted by atomic mass is 35.5. The van der Waals surface area contributed by atoms with Gasteiger partial charge in [-0.2, -0.15) is 0 Å². The fraction of sp³-hybridized carbons (Fsp3) is 0.318. The van der Waals surface area contributed by atoms with Gasteiger partial charge in [-0.05, 0) is 42.5 Å². The van der Waals surface area contributed by atoms with E-state index in [2.05, 4.69) is 20.5 Å². The standard InChI is InChI=1S/C22H24ClN5O3S/c1-15(29)24-21-26-19-7-6-18(14-20(19)32-21)28(9-8-27-10-12-31-13-11-27)22(30)25-17-4-2-16(23)3-5-17/h2-7,14H,8-13H2,1H3,(H,25,30)(H,24,26,29). The van der Waals surface area contributed by atoms with E-state index < -0.39 is 0 Å². The average molecular weight is 474 g/mol. The van der Waals surface area contributed by atoms with Gasteiger partial charge in [0.05, 0.1) is 23.4 Å². The van der Waals surface area contributed by atoms with E-state index in [0.717, 1.165) is 35.5 Å². The number of fused-ring (bicyclic) bond motifs is 1. The number of hydrogen-bond donors (Lipinski definition) is 2. The lowest BCUT2D eigenvalue weighted by Gasteiger charge is -2.30. The van der Waals surface area contributed by atoms with Gasteiger partial charge in [0.1, 0.15) is 0 Å². The van der Waals surface area contributed by atoms with E-state index in [9.17, 15) is 9.59 Å². The molecule has 1 fully saturated rings. The molecule has 0 saturated carbocycles. The van der Waals surface area contributed by atoms with Crippen LogP contribution in [0.3, 0.4) is 0 Å². The molecule has 0 radical (unpaired) electrons. The Morgan fingerprint density at radius 1 is 1.16 bits per heavy atom. The van der Waals surface area contributed by atoms with Crippen LogP contribution in [0.5, 0.6) is 0 Å². The summed E-state index contributed by atoms with van der Waals surface area (Å²) in [6.45, 7) is 5.80. The van der Waals surface area contributed by atoms with Crippen molar-refractivity contribution in [1.29, 1.82) is 0 Å². The van der Waals surface area contributed by atoms with Crippen molar-refractivity contribution in [2.24, 2.45) is 0 Å². The Morgan fingerprint density at radius 2 is 1.91 bits per heavy atom. The molecular formula is C22H24ClN5O3S. The number of nitrogens with one attached hydrogen (secondary N) is 2. The Bertz CT molecular complexity index is 1100. The first-order chi connectivity index (χ1) is 15.5. The van der Waals surface area contributed by atoms with Crippen LogP contribution in [0.2, 0.25) is 5.02 Å². The molecule has 8 nitrogen and oxygen atoms in total. The highest BCUT2D eigenvalue weighted by molar-refractivity contribution is 7.22. The summed E-state index contributed by atoms with van der Waals surface area (Å²) >= 11 is 7.34. The van der Waals surface area contributed by atoms with Gasteiger partial charge in [0.2, 0.25) is 5.91 Å². The third kappa shape index (κ3) is 5.74. The SMILES string of the molecule is CC(=O)Nc1nc2ccc(N(CCN3CCOCC3)C(=O)Nc3ccc(Cl)cc3)cc2s1. The van der Waals surface area contributed by atoms with E-state index in [-0.39, 0.29) is 11.9 Å². The average Bonchev–Trinajstić information content (AvgIpc) is 3.17. The summed E-state index contributed by atoms with van der Waals surface area (Å²) in [5.41, 5.74) is 2.20. The molecule has 3 aromatic rings. The Hall–Kier alpha value is -2.72. The van der Waals surface area contributed by atoms with Gasteiger partial charge in [-0.1, -0.05) is 22.9 Å². The molecule has 4 rings (SSSR count). The van der Waals surface area contributed by atoms with Crippen LogP contribution >= 0.6 is 22.9 Å². The first-order valence-electron chi connectivity index (χ1n) is 10.3. The van der Waals surface area contributed by atoms with Crippen LogP contribution in [0.15, 0.2) is 42.5 Å². The summed E-state index contributed by atoms with van der Waals surface area (Å²) < 4.78 is 6.32. The van der Waals surface area contributed by atoms with Crippen molar-refractivity contribution < 1.29 is 14.3 Å². The van der Waals surface area contributed by atoms with Crippen LogP contribution in [-0.2, 0) is 9.53 Å². The number of morpholine rings is 1.